The van der Waals surface area contributed by atoms with Gasteiger partial charge in [-0.3, -0.25) is 19.0 Å². The molecule has 17 heteroatoms. The number of urea groups is 1. The standard InChI is InChI=1S/C18H29N5O10S.C16H36N/c1-18(2,3)32-17(27)21-8-6-20(7-9-21)14(24)11-31-19-15(25)13-5-4-12-10-22(13)16(26)23(12)33-34(28,29)30;1-5-9-13-17(14-10-6-2,15-11-7-3)16-12-8-4/h12-13H,4-11H2,1-3H3,(H,19,25)(H,28,29,30);5-16H2,1-4H3/q;+1/t12-,13+;/m1./s1. The van der Waals surface area contributed by atoms with Crippen LogP contribution in [0.25, 0.3) is 0 Å². The Morgan fingerprint density at radius 3 is 1.78 bits per heavy atom. The van der Waals surface area contributed by atoms with Crippen molar-refractivity contribution in [3.8, 4) is 0 Å². The molecule has 0 aromatic carbocycles. The first-order valence-electron chi connectivity index (χ1n) is 18.8. The van der Waals surface area contributed by atoms with Crippen molar-refractivity contribution in [1.29, 1.82) is 0 Å². The van der Waals surface area contributed by atoms with Gasteiger partial charge < -0.3 is 23.9 Å². The Kier molecular flexibility index (Phi) is 18.4. The van der Waals surface area contributed by atoms with Crippen LogP contribution in [0.3, 0.4) is 0 Å². The molecule has 0 aromatic rings. The summed E-state index contributed by atoms with van der Waals surface area (Å²) in [6, 6.07) is -2.45. The molecular formula is C34H65N6O10S+. The zero-order chi connectivity index (χ0) is 38.2. The van der Waals surface area contributed by atoms with Gasteiger partial charge in [-0.15, -0.1) is 4.28 Å². The number of hydrogen-bond donors (Lipinski definition) is 2. The molecule has 0 radical (unpaired) electrons. The number of nitrogens with zero attached hydrogens (tertiary/aromatic N) is 5. The van der Waals surface area contributed by atoms with Crippen LogP contribution in [0.1, 0.15) is 113 Å². The van der Waals surface area contributed by atoms with Crippen LogP contribution >= 0.6 is 0 Å². The van der Waals surface area contributed by atoms with Crippen molar-refractivity contribution in [2.45, 2.75) is 130 Å². The highest BCUT2D eigenvalue weighted by Crippen LogP contribution is 2.30. The third-order valence-corrected chi connectivity index (χ3v) is 9.75. The summed E-state index contributed by atoms with van der Waals surface area (Å²) < 4.78 is 41.7. The molecule has 3 aliphatic rings. The summed E-state index contributed by atoms with van der Waals surface area (Å²) in [5.74, 6) is -1.07. The molecule has 296 valence electrons. The molecule has 2 atom stereocenters. The van der Waals surface area contributed by atoms with Crippen LogP contribution in [0.2, 0.25) is 0 Å². The van der Waals surface area contributed by atoms with Crippen LogP contribution in [-0.4, -0.2) is 144 Å². The molecule has 3 heterocycles. The van der Waals surface area contributed by atoms with Gasteiger partial charge in [-0.25, -0.2) is 15.1 Å². The Hall–Kier alpha value is -2.73. The maximum absolute atomic E-state index is 12.5. The van der Waals surface area contributed by atoms with E-state index >= 15 is 0 Å². The van der Waals surface area contributed by atoms with Gasteiger partial charge in [0.15, 0.2) is 6.61 Å². The Morgan fingerprint density at radius 2 is 1.33 bits per heavy atom. The fraction of sp³-hybridized carbons (Fsp3) is 0.882. The molecule has 3 rings (SSSR count). The van der Waals surface area contributed by atoms with E-state index in [1.54, 1.807) is 20.8 Å². The van der Waals surface area contributed by atoms with Gasteiger partial charge in [0.25, 0.3) is 11.8 Å². The third-order valence-electron chi connectivity index (χ3n) is 9.40. The molecule has 51 heavy (non-hydrogen) atoms. The molecule has 16 nitrogen and oxygen atoms in total. The van der Waals surface area contributed by atoms with E-state index in [0.717, 1.165) is 4.90 Å². The second-order valence-electron chi connectivity index (χ2n) is 14.8. The highest BCUT2D eigenvalue weighted by atomic mass is 32.3. The first-order chi connectivity index (χ1) is 24.0. The Labute approximate surface area is 305 Å². The number of ether oxygens (including phenoxy) is 1. The number of hydroxylamine groups is 3. The topological polar surface area (TPSA) is 175 Å². The predicted octanol–water partition coefficient (Wildman–Crippen LogP) is 4.12. The van der Waals surface area contributed by atoms with Crippen LogP contribution in [0, 0.1) is 0 Å². The molecule has 5 amide bonds. The summed E-state index contributed by atoms with van der Waals surface area (Å²) in [4.78, 5) is 58.4. The molecule has 3 fully saturated rings. The Bertz CT molecular complexity index is 1180. The number of piperidine rings is 1. The van der Waals surface area contributed by atoms with Crippen molar-refractivity contribution in [2.24, 2.45) is 0 Å². The number of fused-ring (bicyclic) bond motifs is 2. The highest BCUT2D eigenvalue weighted by molar-refractivity contribution is 7.80. The van der Waals surface area contributed by atoms with E-state index in [2.05, 4.69) is 37.5 Å². The van der Waals surface area contributed by atoms with Gasteiger partial charge in [0, 0.05) is 32.7 Å². The fourth-order valence-corrected chi connectivity index (χ4v) is 6.93. The monoisotopic (exact) mass is 749 g/mol. The summed E-state index contributed by atoms with van der Waals surface area (Å²) in [6.07, 6.45) is 11.1. The van der Waals surface area contributed by atoms with Gasteiger partial charge >= 0.3 is 22.5 Å². The summed E-state index contributed by atoms with van der Waals surface area (Å²) >= 11 is 0. The normalized spacial score (nSPS) is 19.5. The van der Waals surface area contributed by atoms with Gasteiger partial charge in [0.05, 0.1) is 32.2 Å². The molecule has 3 saturated heterocycles. The number of amides is 5. The number of quaternary nitrogens is 1. The van der Waals surface area contributed by atoms with Crippen molar-refractivity contribution < 1.29 is 50.5 Å². The van der Waals surface area contributed by atoms with E-state index in [9.17, 15) is 27.6 Å². The van der Waals surface area contributed by atoms with Gasteiger partial charge in [-0.2, -0.15) is 13.5 Å². The summed E-state index contributed by atoms with van der Waals surface area (Å²) in [7, 11) is -4.89. The molecule has 3 aliphatic heterocycles. The molecular weight excluding hydrogens is 684 g/mol. The largest absolute Gasteiger partial charge is 0.444 e. The highest BCUT2D eigenvalue weighted by Gasteiger charge is 2.49. The predicted molar refractivity (Wildman–Crippen MR) is 191 cm³/mol. The average Bonchev–Trinajstić information content (AvgIpc) is 3.30. The number of nitrogens with one attached hydrogen (secondary N) is 1. The van der Waals surface area contributed by atoms with E-state index in [1.807, 2.05) is 0 Å². The molecule has 0 spiro atoms. The van der Waals surface area contributed by atoms with Crippen LogP contribution in [0.4, 0.5) is 9.59 Å². The third kappa shape index (κ3) is 15.0. The zero-order valence-electron chi connectivity index (χ0n) is 32.1. The fourth-order valence-electron chi connectivity index (χ4n) is 6.54. The number of unbranched alkanes of at least 4 members (excludes halogenated alkanes) is 4. The average molecular weight is 750 g/mol. The van der Waals surface area contributed by atoms with Crippen LogP contribution in [-0.2, 0) is 33.8 Å². The number of carbonyl (C=O) groups is 4. The van der Waals surface area contributed by atoms with Crippen LogP contribution < -0.4 is 5.48 Å². The molecule has 0 unspecified atom stereocenters. The van der Waals surface area contributed by atoms with Gasteiger partial charge in [-0.1, -0.05) is 53.4 Å². The van der Waals surface area contributed by atoms with E-state index in [4.69, 9.17) is 14.1 Å². The van der Waals surface area contributed by atoms with Gasteiger partial charge in [0.1, 0.15) is 11.6 Å². The van der Waals surface area contributed by atoms with Crippen molar-refractivity contribution in [2.75, 3.05) is 65.5 Å². The lowest BCUT2D eigenvalue weighted by molar-refractivity contribution is -0.929. The van der Waals surface area contributed by atoms with Crippen LogP contribution in [0.15, 0.2) is 0 Å². The van der Waals surface area contributed by atoms with Crippen molar-refractivity contribution in [3.63, 3.8) is 0 Å². The molecule has 0 aliphatic carbocycles. The van der Waals surface area contributed by atoms with Crippen molar-refractivity contribution in [1.82, 2.24) is 25.2 Å². The van der Waals surface area contributed by atoms with E-state index < -0.39 is 58.6 Å². The minimum Gasteiger partial charge on any atom is -0.444 e. The first kappa shape index (κ1) is 44.4. The minimum atomic E-state index is -4.89. The molecule has 0 aromatic heterocycles. The number of rotatable bonds is 18. The SMILES string of the molecule is CC(C)(C)OC(=O)N1CCN(C(=O)CONC(=O)[C@@H]2CC[C@@H]3CN2C(=O)N3OS(=O)(=O)O)CC1.CCCC[N+](CCCC)(CCCC)CCCC. The first-order valence-corrected chi connectivity index (χ1v) is 20.2. The van der Waals surface area contributed by atoms with Crippen molar-refractivity contribution in [3.05, 3.63) is 0 Å². The minimum absolute atomic E-state index is 0.0350. The van der Waals surface area contributed by atoms with Crippen LogP contribution in [0.5, 0.6) is 0 Å². The lowest BCUT2D eigenvalue weighted by Gasteiger charge is -2.39. The molecule has 0 saturated carbocycles. The Balaban J connectivity index is 0.000000449. The summed E-state index contributed by atoms with van der Waals surface area (Å²) in [6.45, 7) is 21.1. The van der Waals surface area contributed by atoms with Gasteiger partial charge in [0.2, 0.25) is 0 Å². The van der Waals surface area contributed by atoms with E-state index in [-0.39, 0.29) is 32.5 Å². The lowest BCUT2D eigenvalue weighted by Crippen LogP contribution is -2.53. The maximum atomic E-state index is 12.5. The number of hydrogen-bond acceptors (Lipinski definition) is 9. The quantitative estimate of drug-likeness (QED) is 0.118. The van der Waals surface area contributed by atoms with E-state index in [0.29, 0.717) is 18.2 Å². The van der Waals surface area contributed by atoms with Gasteiger partial charge in [-0.05, 0) is 59.3 Å². The number of piperazine rings is 1. The molecule has 2 N–H and O–H groups in total. The summed E-state index contributed by atoms with van der Waals surface area (Å²) in [5.41, 5.74) is 1.54. The second-order valence-corrected chi connectivity index (χ2v) is 15.8. The number of carbonyl (C=O) groups excluding carboxylic acids is 4. The smallest absolute Gasteiger partial charge is 0.418 e. The Morgan fingerprint density at radius 1 is 0.843 bits per heavy atom. The zero-order valence-corrected chi connectivity index (χ0v) is 32.9. The van der Waals surface area contributed by atoms with E-state index in [1.165, 1.54) is 91.8 Å². The van der Waals surface area contributed by atoms with Crippen molar-refractivity contribution >= 4 is 34.3 Å². The second kappa shape index (κ2) is 21.1. The molecule has 2 bridgehead atoms. The maximum Gasteiger partial charge on any atom is 0.418 e. The summed E-state index contributed by atoms with van der Waals surface area (Å²) in [5, 5.41) is 0.532. The lowest BCUT2D eigenvalue weighted by atomic mass is 10.0.